The summed E-state index contributed by atoms with van der Waals surface area (Å²) in [6.45, 7) is 6.10. The Kier molecular flexibility index (Phi) is 5.36. The lowest BCUT2D eigenvalue weighted by Crippen LogP contribution is -2.59. The maximum atomic E-state index is 12.8. The molecular formula is C15H20BrN3O2. The van der Waals surface area contributed by atoms with Crippen molar-refractivity contribution < 1.29 is 9.59 Å². The van der Waals surface area contributed by atoms with Crippen LogP contribution in [0.3, 0.4) is 0 Å². The Balaban J connectivity index is 2.26. The molecule has 1 aliphatic heterocycles. The molecule has 0 radical (unpaired) electrons. The zero-order valence-corrected chi connectivity index (χ0v) is 13.9. The van der Waals surface area contributed by atoms with Crippen molar-refractivity contribution in [3.05, 3.63) is 33.8 Å². The SMILES string of the molecule is CCNC(=O)C1CNCCN1C(=O)c1cc(C)ccc1Br. The Bertz CT molecular complexity index is 548. The van der Waals surface area contributed by atoms with Gasteiger partial charge < -0.3 is 15.5 Å². The second-order valence-electron chi connectivity index (χ2n) is 5.10. The molecule has 5 nitrogen and oxygen atoms in total. The van der Waals surface area contributed by atoms with Crippen LogP contribution in [0.5, 0.6) is 0 Å². The highest BCUT2D eigenvalue weighted by atomic mass is 79.9. The molecule has 1 fully saturated rings. The van der Waals surface area contributed by atoms with Crippen molar-refractivity contribution >= 4 is 27.7 Å². The molecule has 0 aromatic heterocycles. The first kappa shape index (κ1) is 16.0. The minimum absolute atomic E-state index is 0.108. The number of rotatable bonds is 3. The summed E-state index contributed by atoms with van der Waals surface area (Å²) >= 11 is 3.42. The Hall–Kier alpha value is -1.40. The fourth-order valence-electron chi connectivity index (χ4n) is 2.43. The average molecular weight is 354 g/mol. The number of carbonyl (C=O) groups is 2. The fourth-order valence-corrected chi connectivity index (χ4v) is 2.85. The summed E-state index contributed by atoms with van der Waals surface area (Å²) in [4.78, 5) is 26.6. The highest BCUT2D eigenvalue weighted by Crippen LogP contribution is 2.21. The smallest absolute Gasteiger partial charge is 0.255 e. The van der Waals surface area contributed by atoms with Gasteiger partial charge in [-0.1, -0.05) is 11.6 Å². The summed E-state index contributed by atoms with van der Waals surface area (Å²) < 4.78 is 0.756. The van der Waals surface area contributed by atoms with Crippen molar-refractivity contribution in [3.8, 4) is 0 Å². The van der Waals surface area contributed by atoms with Gasteiger partial charge in [0.1, 0.15) is 6.04 Å². The highest BCUT2D eigenvalue weighted by molar-refractivity contribution is 9.10. The molecule has 114 valence electrons. The van der Waals surface area contributed by atoms with Gasteiger partial charge in [0.25, 0.3) is 5.91 Å². The van der Waals surface area contributed by atoms with Crippen LogP contribution < -0.4 is 10.6 Å². The zero-order valence-electron chi connectivity index (χ0n) is 12.3. The molecule has 1 atom stereocenters. The van der Waals surface area contributed by atoms with Crippen molar-refractivity contribution in [3.63, 3.8) is 0 Å². The van der Waals surface area contributed by atoms with Gasteiger partial charge in [-0.05, 0) is 41.9 Å². The molecule has 0 saturated carbocycles. The largest absolute Gasteiger partial charge is 0.355 e. The molecule has 1 unspecified atom stereocenters. The zero-order chi connectivity index (χ0) is 15.4. The van der Waals surface area contributed by atoms with E-state index < -0.39 is 6.04 Å². The van der Waals surface area contributed by atoms with E-state index in [4.69, 9.17) is 0 Å². The number of piperazine rings is 1. The topological polar surface area (TPSA) is 61.4 Å². The minimum atomic E-state index is -0.460. The van der Waals surface area contributed by atoms with E-state index in [1.54, 1.807) is 4.90 Å². The summed E-state index contributed by atoms with van der Waals surface area (Å²) in [5.74, 6) is -0.217. The number of nitrogens with zero attached hydrogens (tertiary/aromatic N) is 1. The monoisotopic (exact) mass is 353 g/mol. The molecule has 2 rings (SSSR count). The van der Waals surface area contributed by atoms with E-state index in [2.05, 4.69) is 26.6 Å². The molecule has 1 aromatic carbocycles. The molecule has 21 heavy (non-hydrogen) atoms. The number of aryl methyl sites for hydroxylation is 1. The van der Waals surface area contributed by atoms with E-state index in [0.717, 1.165) is 10.0 Å². The van der Waals surface area contributed by atoms with Crippen LogP contribution in [0.25, 0.3) is 0 Å². The first-order valence-electron chi connectivity index (χ1n) is 7.10. The van der Waals surface area contributed by atoms with E-state index in [0.29, 0.717) is 31.7 Å². The van der Waals surface area contributed by atoms with Gasteiger partial charge >= 0.3 is 0 Å². The number of amides is 2. The standard InChI is InChI=1S/C15H20BrN3O2/c1-3-18-14(20)13-9-17-6-7-19(13)15(21)11-8-10(2)4-5-12(11)16/h4-5,8,13,17H,3,6-7,9H2,1-2H3,(H,18,20). The van der Waals surface area contributed by atoms with Gasteiger partial charge in [-0.2, -0.15) is 0 Å². The van der Waals surface area contributed by atoms with Gasteiger partial charge in [0, 0.05) is 30.7 Å². The summed E-state index contributed by atoms with van der Waals surface area (Å²) in [7, 11) is 0. The lowest BCUT2D eigenvalue weighted by atomic mass is 10.1. The first-order valence-corrected chi connectivity index (χ1v) is 7.89. The third-order valence-corrected chi connectivity index (χ3v) is 4.20. The van der Waals surface area contributed by atoms with Crippen molar-refractivity contribution in [2.45, 2.75) is 19.9 Å². The van der Waals surface area contributed by atoms with Gasteiger partial charge in [-0.15, -0.1) is 0 Å². The van der Waals surface area contributed by atoms with Crippen molar-refractivity contribution in [1.82, 2.24) is 15.5 Å². The van der Waals surface area contributed by atoms with Crippen molar-refractivity contribution in [2.24, 2.45) is 0 Å². The normalized spacial score (nSPS) is 18.4. The van der Waals surface area contributed by atoms with Crippen LogP contribution >= 0.6 is 15.9 Å². The van der Waals surface area contributed by atoms with Gasteiger partial charge in [0.15, 0.2) is 0 Å². The molecule has 1 heterocycles. The highest BCUT2D eigenvalue weighted by Gasteiger charge is 2.32. The third kappa shape index (κ3) is 3.63. The number of halogens is 1. The van der Waals surface area contributed by atoms with Crippen LogP contribution in [0.2, 0.25) is 0 Å². The second kappa shape index (κ2) is 7.04. The predicted molar refractivity (Wildman–Crippen MR) is 85.3 cm³/mol. The summed E-state index contributed by atoms with van der Waals surface area (Å²) in [5.41, 5.74) is 1.62. The van der Waals surface area contributed by atoms with Crippen LogP contribution in [0.15, 0.2) is 22.7 Å². The Morgan fingerprint density at radius 3 is 2.95 bits per heavy atom. The second-order valence-corrected chi connectivity index (χ2v) is 5.95. The Labute approximate surface area is 133 Å². The van der Waals surface area contributed by atoms with Gasteiger partial charge in [-0.3, -0.25) is 9.59 Å². The number of benzene rings is 1. The van der Waals surface area contributed by atoms with Crippen LogP contribution in [0.4, 0.5) is 0 Å². The van der Waals surface area contributed by atoms with Gasteiger partial charge in [0.2, 0.25) is 5.91 Å². The molecule has 1 aromatic rings. The molecule has 0 aliphatic carbocycles. The molecule has 0 spiro atoms. The molecule has 1 saturated heterocycles. The summed E-state index contributed by atoms with van der Waals surface area (Å²) in [5, 5.41) is 5.96. The van der Waals surface area contributed by atoms with Crippen molar-refractivity contribution in [2.75, 3.05) is 26.2 Å². The molecule has 2 N–H and O–H groups in total. The van der Waals surface area contributed by atoms with Crippen LogP contribution in [0.1, 0.15) is 22.8 Å². The van der Waals surface area contributed by atoms with Crippen LogP contribution in [-0.4, -0.2) is 48.9 Å². The first-order chi connectivity index (χ1) is 10.0. The third-order valence-electron chi connectivity index (χ3n) is 3.51. The van der Waals surface area contributed by atoms with E-state index in [1.807, 2.05) is 32.0 Å². The Morgan fingerprint density at radius 1 is 1.48 bits per heavy atom. The van der Waals surface area contributed by atoms with E-state index in [1.165, 1.54) is 0 Å². The lowest BCUT2D eigenvalue weighted by Gasteiger charge is -2.35. The summed E-state index contributed by atoms with van der Waals surface area (Å²) in [6.07, 6.45) is 0. The molecular weight excluding hydrogens is 334 g/mol. The average Bonchev–Trinajstić information content (AvgIpc) is 2.49. The molecule has 6 heteroatoms. The summed E-state index contributed by atoms with van der Waals surface area (Å²) in [6, 6.07) is 5.20. The minimum Gasteiger partial charge on any atom is -0.355 e. The maximum absolute atomic E-state index is 12.8. The number of hydrogen-bond acceptors (Lipinski definition) is 3. The predicted octanol–water partition coefficient (Wildman–Crippen LogP) is 1.31. The Morgan fingerprint density at radius 2 is 2.24 bits per heavy atom. The van der Waals surface area contributed by atoms with Gasteiger partial charge in [-0.25, -0.2) is 0 Å². The fraction of sp³-hybridized carbons (Fsp3) is 0.467. The van der Waals surface area contributed by atoms with E-state index in [-0.39, 0.29) is 11.8 Å². The quantitative estimate of drug-likeness (QED) is 0.861. The molecule has 1 aliphatic rings. The molecule has 0 bridgehead atoms. The van der Waals surface area contributed by atoms with Crippen molar-refractivity contribution in [1.29, 1.82) is 0 Å². The van der Waals surface area contributed by atoms with Crippen LogP contribution in [0, 0.1) is 6.92 Å². The van der Waals surface area contributed by atoms with E-state index in [9.17, 15) is 9.59 Å². The number of likely N-dealkylation sites (N-methyl/N-ethyl adjacent to an activating group) is 1. The lowest BCUT2D eigenvalue weighted by molar-refractivity contribution is -0.126. The van der Waals surface area contributed by atoms with Crippen LogP contribution in [-0.2, 0) is 4.79 Å². The number of hydrogen-bond donors (Lipinski definition) is 2. The number of nitrogens with one attached hydrogen (secondary N) is 2. The maximum Gasteiger partial charge on any atom is 0.255 e. The van der Waals surface area contributed by atoms with Gasteiger partial charge in [0.05, 0.1) is 5.56 Å². The number of carbonyl (C=O) groups excluding carboxylic acids is 2. The van der Waals surface area contributed by atoms with E-state index >= 15 is 0 Å². The molecule has 2 amide bonds.